The number of nitrogens with zero attached hydrogens (tertiary/aromatic N) is 1. The largest absolute Gasteiger partial charge is 0.481 e. The molecule has 0 aromatic carbocycles. The Kier molecular flexibility index (Phi) is 4.23. The van der Waals surface area contributed by atoms with Crippen LogP contribution in [0.2, 0.25) is 0 Å². The summed E-state index contributed by atoms with van der Waals surface area (Å²) in [4.78, 5) is 25.6. The molecule has 0 fully saturated rings. The van der Waals surface area contributed by atoms with E-state index in [4.69, 9.17) is 5.11 Å². The molecule has 0 bridgehead atoms. The van der Waals surface area contributed by atoms with Gasteiger partial charge in [-0.1, -0.05) is 6.92 Å². The third-order valence-electron chi connectivity index (χ3n) is 1.80. The van der Waals surface area contributed by atoms with Gasteiger partial charge in [0.05, 0.1) is 5.51 Å². The smallest absolute Gasteiger partial charge is 0.303 e. The highest BCUT2D eigenvalue weighted by Crippen LogP contribution is 2.02. The average Bonchev–Trinajstić information content (AvgIpc) is 2.65. The van der Waals surface area contributed by atoms with Crippen LogP contribution in [-0.4, -0.2) is 28.5 Å². The third kappa shape index (κ3) is 4.07. The zero-order valence-corrected chi connectivity index (χ0v) is 9.08. The molecule has 1 aromatic rings. The average molecular weight is 228 g/mol. The number of carboxylic acid groups (broad SMARTS) is 1. The fourth-order valence-electron chi connectivity index (χ4n) is 1.05. The molecule has 1 aromatic heterocycles. The summed E-state index contributed by atoms with van der Waals surface area (Å²) < 4.78 is 0. The summed E-state index contributed by atoms with van der Waals surface area (Å²) in [5.41, 5.74) is 1.96. The SMILES string of the molecule is C[C@@H](CNC(=O)c1cscn1)CC(=O)O. The Morgan fingerprint density at radius 1 is 1.67 bits per heavy atom. The highest BCUT2D eigenvalue weighted by molar-refractivity contribution is 7.07. The zero-order chi connectivity index (χ0) is 11.3. The first kappa shape index (κ1) is 11.6. The molecule has 0 aliphatic rings. The van der Waals surface area contributed by atoms with Gasteiger partial charge in [-0.05, 0) is 5.92 Å². The summed E-state index contributed by atoms with van der Waals surface area (Å²) in [6.07, 6.45) is 0.0529. The van der Waals surface area contributed by atoms with Crippen LogP contribution in [-0.2, 0) is 4.79 Å². The van der Waals surface area contributed by atoms with Crippen molar-refractivity contribution in [3.8, 4) is 0 Å². The van der Waals surface area contributed by atoms with Gasteiger partial charge in [-0.25, -0.2) is 4.98 Å². The predicted octanol–water partition coefficient (Wildman–Crippen LogP) is 0.984. The molecule has 1 heterocycles. The van der Waals surface area contributed by atoms with E-state index in [-0.39, 0.29) is 18.2 Å². The molecule has 0 aliphatic carbocycles. The second-order valence-corrected chi connectivity index (χ2v) is 4.01. The molecule has 1 rings (SSSR count). The number of carboxylic acids is 1. The van der Waals surface area contributed by atoms with Gasteiger partial charge in [0.15, 0.2) is 0 Å². The van der Waals surface area contributed by atoms with Crippen molar-refractivity contribution < 1.29 is 14.7 Å². The van der Waals surface area contributed by atoms with Crippen molar-refractivity contribution in [3.63, 3.8) is 0 Å². The van der Waals surface area contributed by atoms with Crippen LogP contribution in [0.4, 0.5) is 0 Å². The normalized spacial score (nSPS) is 12.1. The Balaban J connectivity index is 2.31. The molecular weight excluding hydrogens is 216 g/mol. The van der Waals surface area contributed by atoms with E-state index in [1.54, 1.807) is 17.8 Å². The van der Waals surface area contributed by atoms with Crippen molar-refractivity contribution in [2.24, 2.45) is 5.92 Å². The molecule has 0 unspecified atom stereocenters. The van der Waals surface area contributed by atoms with E-state index in [9.17, 15) is 9.59 Å². The summed E-state index contributed by atoms with van der Waals surface area (Å²) in [6, 6.07) is 0. The lowest BCUT2D eigenvalue weighted by atomic mass is 10.1. The number of aromatic nitrogens is 1. The molecular formula is C9H12N2O3S. The lowest BCUT2D eigenvalue weighted by molar-refractivity contribution is -0.137. The highest BCUT2D eigenvalue weighted by Gasteiger charge is 2.11. The van der Waals surface area contributed by atoms with Gasteiger partial charge in [0.1, 0.15) is 5.69 Å². The minimum absolute atomic E-state index is 0.0529. The van der Waals surface area contributed by atoms with Gasteiger partial charge in [0.25, 0.3) is 5.91 Å². The van der Waals surface area contributed by atoms with Crippen molar-refractivity contribution in [1.29, 1.82) is 0 Å². The standard InChI is InChI=1S/C9H12N2O3S/c1-6(2-8(12)13)3-10-9(14)7-4-15-5-11-7/h4-6H,2-3H2,1H3,(H,10,14)(H,12,13)/t6-/m1/s1. The quantitative estimate of drug-likeness (QED) is 0.787. The molecule has 0 saturated carbocycles. The Morgan fingerprint density at radius 2 is 2.40 bits per heavy atom. The fraction of sp³-hybridized carbons (Fsp3) is 0.444. The number of aliphatic carboxylic acids is 1. The Bertz CT molecular complexity index is 337. The predicted molar refractivity (Wildman–Crippen MR) is 55.9 cm³/mol. The van der Waals surface area contributed by atoms with Crippen molar-refractivity contribution in [2.45, 2.75) is 13.3 Å². The summed E-state index contributed by atoms with van der Waals surface area (Å²) in [5, 5.41) is 12.8. The van der Waals surface area contributed by atoms with Crippen LogP contribution >= 0.6 is 11.3 Å². The van der Waals surface area contributed by atoms with E-state index in [1.165, 1.54) is 11.3 Å². The van der Waals surface area contributed by atoms with Crippen LogP contribution in [0.25, 0.3) is 0 Å². The number of carbonyl (C=O) groups is 2. The highest BCUT2D eigenvalue weighted by atomic mass is 32.1. The van der Waals surface area contributed by atoms with E-state index in [2.05, 4.69) is 10.3 Å². The van der Waals surface area contributed by atoms with Crippen molar-refractivity contribution in [2.75, 3.05) is 6.54 Å². The van der Waals surface area contributed by atoms with E-state index in [0.717, 1.165) is 0 Å². The minimum Gasteiger partial charge on any atom is -0.481 e. The van der Waals surface area contributed by atoms with Crippen LogP contribution in [0.5, 0.6) is 0 Å². The van der Waals surface area contributed by atoms with Crippen LogP contribution in [0.15, 0.2) is 10.9 Å². The topological polar surface area (TPSA) is 79.3 Å². The van der Waals surface area contributed by atoms with E-state index in [1.807, 2.05) is 0 Å². The summed E-state index contributed by atoms with van der Waals surface area (Å²) in [5.74, 6) is -1.19. The monoisotopic (exact) mass is 228 g/mol. The Morgan fingerprint density at radius 3 is 2.93 bits per heavy atom. The molecule has 15 heavy (non-hydrogen) atoms. The molecule has 82 valence electrons. The number of carbonyl (C=O) groups excluding carboxylic acids is 1. The van der Waals surface area contributed by atoms with E-state index in [0.29, 0.717) is 12.2 Å². The van der Waals surface area contributed by atoms with Crippen LogP contribution in [0.1, 0.15) is 23.8 Å². The van der Waals surface area contributed by atoms with Gasteiger partial charge in [-0.15, -0.1) is 11.3 Å². The number of rotatable bonds is 5. The van der Waals surface area contributed by atoms with Crippen LogP contribution < -0.4 is 5.32 Å². The summed E-state index contributed by atoms with van der Waals surface area (Å²) >= 11 is 1.35. The second kappa shape index (κ2) is 5.45. The fourth-order valence-corrected chi connectivity index (χ4v) is 1.58. The molecule has 5 nitrogen and oxygen atoms in total. The van der Waals surface area contributed by atoms with Gasteiger partial charge in [0.2, 0.25) is 0 Å². The first-order chi connectivity index (χ1) is 7.09. The molecule has 2 N–H and O–H groups in total. The lowest BCUT2D eigenvalue weighted by Gasteiger charge is -2.08. The summed E-state index contributed by atoms with van der Waals surface area (Å²) in [7, 11) is 0. The number of nitrogens with one attached hydrogen (secondary N) is 1. The first-order valence-corrected chi connectivity index (χ1v) is 5.42. The second-order valence-electron chi connectivity index (χ2n) is 3.29. The molecule has 0 saturated heterocycles. The molecule has 0 spiro atoms. The molecule has 6 heteroatoms. The van der Waals surface area contributed by atoms with Gasteiger partial charge >= 0.3 is 5.97 Å². The zero-order valence-electron chi connectivity index (χ0n) is 8.27. The molecule has 0 aliphatic heterocycles. The molecule has 0 radical (unpaired) electrons. The first-order valence-electron chi connectivity index (χ1n) is 4.47. The van der Waals surface area contributed by atoms with Gasteiger partial charge < -0.3 is 10.4 Å². The van der Waals surface area contributed by atoms with E-state index >= 15 is 0 Å². The molecule has 1 amide bonds. The van der Waals surface area contributed by atoms with Crippen molar-refractivity contribution >= 4 is 23.2 Å². The Hall–Kier alpha value is -1.43. The summed E-state index contributed by atoms with van der Waals surface area (Å²) in [6.45, 7) is 2.12. The van der Waals surface area contributed by atoms with Gasteiger partial charge in [-0.2, -0.15) is 0 Å². The number of hydrogen-bond acceptors (Lipinski definition) is 4. The van der Waals surface area contributed by atoms with Crippen LogP contribution in [0.3, 0.4) is 0 Å². The van der Waals surface area contributed by atoms with Crippen molar-refractivity contribution in [1.82, 2.24) is 10.3 Å². The van der Waals surface area contributed by atoms with E-state index < -0.39 is 5.97 Å². The van der Waals surface area contributed by atoms with Crippen LogP contribution in [0, 0.1) is 5.92 Å². The Labute approximate surface area is 91.1 Å². The maximum atomic E-state index is 11.4. The van der Waals surface area contributed by atoms with Crippen molar-refractivity contribution in [3.05, 3.63) is 16.6 Å². The lowest BCUT2D eigenvalue weighted by Crippen LogP contribution is -2.29. The third-order valence-corrected chi connectivity index (χ3v) is 2.39. The number of amides is 1. The minimum atomic E-state index is -0.856. The maximum absolute atomic E-state index is 11.4. The van der Waals surface area contributed by atoms with Gasteiger partial charge in [-0.3, -0.25) is 9.59 Å². The maximum Gasteiger partial charge on any atom is 0.303 e. The number of hydrogen-bond donors (Lipinski definition) is 2. The number of thiazole rings is 1. The molecule has 1 atom stereocenters. The van der Waals surface area contributed by atoms with Gasteiger partial charge in [0, 0.05) is 18.3 Å².